The summed E-state index contributed by atoms with van der Waals surface area (Å²) in [5, 5.41) is 3.11. The van der Waals surface area contributed by atoms with Gasteiger partial charge in [-0.3, -0.25) is 4.79 Å². The number of likely N-dealkylation sites (N-methyl/N-ethyl adjacent to an activating group) is 1. The van der Waals surface area contributed by atoms with Gasteiger partial charge in [0.1, 0.15) is 0 Å². The van der Waals surface area contributed by atoms with Gasteiger partial charge in [-0.05, 0) is 25.9 Å². The van der Waals surface area contributed by atoms with Crippen LogP contribution in [-0.4, -0.2) is 55.7 Å². The molecule has 3 N–H and O–H groups in total. The summed E-state index contributed by atoms with van der Waals surface area (Å²) in [6.07, 6.45) is 2.23. The number of carbonyl (C=O) groups excluding carboxylic acids is 1. The normalized spacial score (nSPS) is 34.8. The zero-order valence-corrected chi connectivity index (χ0v) is 10.5. The van der Waals surface area contributed by atoms with Gasteiger partial charge in [-0.25, -0.2) is 0 Å². The lowest BCUT2D eigenvalue weighted by molar-refractivity contribution is -0.126. The van der Waals surface area contributed by atoms with E-state index in [1.54, 1.807) is 0 Å². The van der Waals surface area contributed by atoms with Crippen molar-refractivity contribution in [3.63, 3.8) is 0 Å². The van der Waals surface area contributed by atoms with Crippen LogP contribution in [-0.2, 0) is 9.53 Å². The lowest BCUT2D eigenvalue weighted by Crippen LogP contribution is -2.51. The highest BCUT2D eigenvalue weighted by Gasteiger charge is 2.32. The fourth-order valence-corrected chi connectivity index (χ4v) is 2.61. The molecule has 17 heavy (non-hydrogen) atoms. The highest BCUT2D eigenvalue weighted by Crippen LogP contribution is 2.14. The molecule has 2 aliphatic heterocycles. The van der Waals surface area contributed by atoms with E-state index >= 15 is 0 Å². The molecular weight excluding hydrogens is 218 g/mol. The summed E-state index contributed by atoms with van der Waals surface area (Å²) in [7, 11) is 0. The highest BCUT2D eigenvalue weighted by molar-refractivity contribution is 5.80. The second-order valence-corrected chi connectivity index (χ2v) is 5.05. The Balaban J connectivity index is 1.81. The standard InChI is InChI=1S/C12H23N3O2/c1-2-15-5-3-4-9(6-15)14-12(16)10-7-17-8-11(10)13/h9-11H,2-8,13H2,1H3,(H,14,16). The van der Waals surface area contributed by atoms with Gasteiger partial charge >= 0.3 is 0 Å². The van der Waals surface area contributed by atoms with E-state index in [9.17, 15) is 4.79 Å². The maximum absolute atomic E-state index is 12.0. The maximum atomic E-state index is 12.0. The Morgan fingerprint density at radius 2 is 2.35 bits per heavy atom. The number of nitrogens with two attached hydrogens (primary N) is 1. The summed E-state index contributed by atoms with van der Waals surface area (Å²) >= 11 is 0. The lowest BCUT2D eigenvalue weighted by atomic mass is 10.0. The van der Waals surface area contributed by atoms with Crippen LogP contribution in [0.3, 0.4) is 0 Å². The van der Waals surface area contributed by atoms with Crippen molar-refractivity contribution in [3.05, 3.63) is 0 Å². The number of hydrogen-bond acceptors (Lipinski definition) is 4. The number of carbonyl (C=O) groups is 1. The topological polar surface area (TPSA) is 67.6 Å². The van der Waals surface area contributed by atoms with Crippen LogP contribution < -0.4 is 11.1 Å². The van der Waals surface area contributed by atoms with Gasteiger partial charge in [0.2, 0.25) is 5.91 Å². The van der Waals surface area contributed by atoms with Gasteiger partial charge in [-0.1, -0.05) is 6.92 Å². The quantitative estimate of drug-likeness (QED) is 0.703. The van der Waals surface area contributed by atoms with Crippen molar-refractivity contribution in [2.45, 2.75) is 31.8 Å². The van der Waals surface area contributed by atoms with Gasteiger partial charge in [-0.15, -0.1) is 0 Å². The highest BCUT2D eigenvalue weighted by atomic mass is 16.5. The van der Waals surface area contributed by atoms with Crippen molar-refractivity contribution in [1.29, 1.82) is 0 Å². The first-order chi connectivity index (χ1) is 8.20. The number of piperidine rings is 1. The molecule has 0 aromatic heterocycles. The van der Waals surface area contributed by atoms with Gasteiger partial charge in [-0.2, -0.15) is 0 Å². The summed E-state index contributed by atoms with van der Waals surface area (Å²) in [5.74, 6) is -0.0926. The molecule has 0 radical (unpaired) electrons. The van der Waals surface area contributed by atoms with Crippen molar-refractivity contribution in [2.24, 2.45) is 11.7 Å². The Hall–Kier alpha value is -0.650. The Kier molecular flexibility index (Phi) is 4.36. The van der Waals surface area contributed by atoms with Crippen molar-refractivity contribution in [3.8, 4) is 0 Å². The molecule has 5 heteroatoms. The summed E-state index contributed by atoms with van der Waals surface area (Å²) in [6, 6.07) is 0.143. The molecule has 0 aromatic rings. The molecule has 2 aliphatic rings. The molecule has 0 aliphatic carbocycles. The number of ether oxygens (including phenoxy) is 1. The summed E-state index contributed by atoms with van der Waals surface area (Å²) in [4.78, 5) is 14.4. The lowest BCUT2D eigenvalue weighted by Gasteiger charge is -2.33. The third kappa shape index (κ3) is 3.18. The molecule has 0 aromatic carbocycles. The van der Waals surface area contributed by atoms with E-state index in [0.29, 0.717) is 13.2 Å². The zero-order valence-electron chi connectivity index (χ0n) is 10.5. The molecule has 2 heterocycles. The van der Waals surface area contributed by atoms with Crippen LogP contribution in [0.4, 0.5) is 0 Å². The van der Waals surface area contributed by atoms with E-state index in [1.165, 1.54) is 0 Å². The first-order valence-corrected chi connectivity index (χ1v) is 6.56. The van der Waals surface area contributed by atoms with E-state index in [1.807, 2.05) is 0 Å². The second kappa shape index (κ2) is 5.80. The van der Waals surface area contributed by atoms with Crippen molar-refractivity contribution < 1.29 is 9.53 Å². The minimum absolute atomic E-state index is 0.0675. The predicted molar refractivity (Wildman–Crippen MR) is 65.6 cm³/mol. The van der Waals surface area contributed by atoms with Crippen LogP contribution in [0.1, 0.15) is 19.8 Å². The Bertz CT molecular complexity index is 272. The molecule has 3 unspecified atom stereocenters. The second-order valence-electron chi connectivity index (χ2n) is 5.05. The van der Waals surface area contributed by atoms with Crippen LogP contribution in [0.2, 0.25) is 0 Å². The molecule has 1 amide bonds. The monoisotopic (exact) mass is 241 g/mol. The summed E-state index contributed by atoms with van der Waals surface area (Å²) < 4.78 is 5.23. The van der Waals surface area contributed by atoms with E-state index in [-0.39, 0.29) is 23.9 Å². The SMILES string of the molecule is CCN1CCCC(NC(=O)C2COCC2N)C1. The van der Waals surface area contributed by atoms with Crippen LogP contribution in [0.15, 0.2) is 0 Å². The fourth-order valence-electron chi connectivity index (χ4n) is 2.61. The third-order valence-corrected chi connectivity index (χ3v) is 3.76. The first-order valence-electron chi connectivity index (χ1n) is 6.56. The number of likely N-dealkylation sites (tertiary alicyclic amines) is 1. The molecule has 2 saturated heterocycles. The van der Waals surface area contributed by atoms with E-state index in [2.05, 4.69) is 17.1 Å². The Labute approximate surface area is 103 Å². The Morgan fingerprint density at radius 1 is 1.53 bits per heavy atom. The average molecular weight is 241 g/mol. The van der Waals surface area contributed by atoms with Crippen LogP contribution >= 0.6 is 0 Å². The molecule has 3 atom stereocenters. The van der Waals surface area contributed by atoms with Crippen LogP contribution in [0, 0.1) is 5.92 Å². The molecule has 0 saturated carbocycles. The number of nitrogens with zero attached hydrogens (tertiary/aromatic N) is 1. The van der Waals surface area contributed by atoms with Gasteiger partial charge < -0.3 is 20.7 Å². The van der Waals surface area contributed by atoms with E-state index in [4.69, 9.17) is 10.5 Å². The molecule has 98 valence electrons. The van der Waals surface area contributed by atoms with Crippen molar-refractivity contribution >= 4 is 5.91 Å². The number of nitrogens with one attached hydrogen (secondary N) is 1. The minimum atomic E-state index is -0.160. The largest absolute Gasteiger partial charge is 0.379 e. The smallest absolute Gasteiger partial charge is 0.227 e. The van der Waals surface area contributed by atoms with Crippen molar-refractivity contribution in [1.82, 2.24) is 10.2 Å². The number of hydrogen-bond donors (Lipinski definition) is 2. The predicted octanol–water partition coefficient (Wildman–Crippen LogP) is -0.439. The summed E-state index contributed by atoms with van der Waals surface area (Å²) in [5.41, 5.74) is 5.84. The first kappa shape index (κ1) is 12.8. The van der Waals surface area contributed by atoms with Crippen molar-refractivity contribution in [2.75, 3.05) is 32.8 Å². The third-order valence-electron chi connectivity index (χ3n) is 3.76. The van der Waals surface area contributed by atoms with Crippen LogP contribution in [0.5, 0.6) is 0 Å². The molecule has 2 rings (SSSR count). The van der Waals surface area contributed by atoms with Crippen LogP contribution in [0.25, 0.3) is 0 Å². The molecule has 2 fully saturated rings. The van der Waals surface area contributed by atoms with Gasteiger partial charge in [0, 0.05) is 18.6 Å². The zero-order chi connectivity index (χ0) is 12.3. The molecular formula is C12H23N3O2. The molecule has 0 spiro atoms. The molecule has 5 nitrogen and oxygen atoms in total. The van der Waals surface area contributed by atoms with Gasteiger partial charge in [0.05, 0.1) is 19.1 Å². The minimum Gasteiger partial charge on any atom is -0.379 e. The average Bonchev–Trinajstić information content (AvgIpc) is 2.76. The van der Waals surface area contributed by atoms with E-state index < -0.39 is 0 Å². The number of rotatable bonds is 3. The maximum Gasteiger partial charge on any atom is 0.227 e. The van der Waals surface area contributed by atoms with Gasteiger partial charge in [0.15, 0.2) is 0 Å². The number of amides is 1. The summed E-state index contributed by atoms with van der Waals surface area (Å²) in [6.45, 7) is 6.30. The van der Waals surface area contributed by atoms with Gasteiger partial charge in [0.25, 0.3) is 0 Å². The molecule has 0 bridgehead atoms. The fraction of sp³-hybridized carbons (Fsp3) is 0.917. The van der Waals surface area contributed by atoms with E-state index in [0.717, 1.165) is 32.5 Å². The Morgan fingerprint density at radius 3 is 3.00 bits per heavy atom.